The van der Waals surface area contributed by atoms with Gasteiger partial charge in [-0.3, -0.25) is 4.79 Å². The van der Waals surface area contributed by atoms with E-state index in [1.807, 2.05) is 0 Å². The number of allylic oxidation sites excluding steroid dienone is 2. The summed E-state index contributed by atoms with van der Waals surface area (Å²) in [6, 6.07) is 0. The van der Waals surface area contributed by atoms with Gasteiger partial charge in [0.2, 0.25) is 0 Å². The second kappa shape index (κ2) is 2.59. The van der Waals surface area contributed by atoms with Crippen molar-refractivity contribution in [3.63, 3.8) is 0 Å². The largest absolute Gasteiger partial charge is 0.295 e. The third-order valence-corrected chi connectivity index (χ3v) is 4.13. The van der Waals surface area contributed by atoms with Crippen LogP contribution in [-0.2, 0) is 4.79 Å². The Bertz CT molecular complexity index is 210. The highest BCUT2D eigenvalue weighted by Crippen LogP contribution is 2.27. The lowest BCUT2D eigenvalue weighted by Crippen LogP contribution is -2.27. The molecule has 0 aromatic rings. The highest BCUT2D eigenvalue weighted by atomic mass is 28.3. The summed E-state index contributed by atoms with van der Waals surface area (Å²) in [6.45, 7) is 8.81. The Morgan fingerprint density at radius 1 is 1.45 bits per heavy atom. The summed E-state index contributed by atoms with van der Waals surface area (Å²) in [5.41, 5.74) is 0. The summed E-state index contributed by atoms with van der Waals surface area (Å²) in [7, 11) is -1.32. The summed E-state index contributed by atoms with van der Waals surface area (Å²) >= 11 is 0. The van der Waals surface area contributed by atoms with Crippen LogP contribution in [-0.4, -0.2) is 13.9 Å². The molecule has 0 aromatic heterocycles. The molecule has 0 fully saturated rings. The molecule has 0 aromatic carbocycles. The fourth-order valence-electron chi connectivity index (χ4n) is 1.51. The first-order valence-corrected chi connectivity index (χ1v) is 7.67. The zero-order valence-electron chi connectivity index (χ0n) is 7.77. The minimum Gasteiger partial charge on any atom is -0.295 e. The van der Waals surface area contributed by atoms with Gasteiger partial charge in [-0.25, -0.2) is 0 Å². The number of rotatable bonds is 1. The Labute approximate surface area is 69.5 Å². The lowest BCUT2D eigenvalue weighted by molar-refractivity contribution is -0.114. The highest BCUT2D eigenvalue weighted by Gasteiger charge is 2.30. The normalized spacial score (nSPS) is 25.6. The molecule has 0 saturated carbocycles. The molecule has 0 N–H and O–H groups in total. The molecule has 11 heavy (non-hydrogen) atoms. The summed E-state index contributed by atoms with van der Waals surface area (Å²) in [5.74, 6) is 0.890. The number of ketones is 1. The van der Waals surface area contributed by atoms with Crippen molar-refractivity contribution < 1.29 is 4.79 Å². The van der Waals surface area contributed by atoms with Gasteiger partial charge in [0, 0.05) is 6.42 Å². The number of carbonyl (C=O) groups excluding carboxylic acids is 1. The molecule has 2 heteroatoms. The van der Waals surface area contributed by atoms with Gasteiger partial charge in [-0.2, -0.15) is 0 Å². The van der Waals surface area contributed by atoms with Gasteiger partial charge in [0.15, 0.2) is 5.78 Å². The number of hydrogen-bond acceptors (Lipinski definition) is 1. The Morgan fingerprint density at radius 3 is 2.18 bits per heavy atom. The van der Waals surface area contributed by atoms with Crippen LogP contribution in [0.25, 0.3) is 0 Å². The highest BCUT2D eigenvalue weighted by molar-refractivity contribution is 6.87. The van der Waals surface area contributed by atoms with E-state index in [4.69, 9.17) is 0 Å². The second-order valence-corrected chi connectivity index (χ2v) is 9.47. The van der Waals surface area contributed by atoms with Gasteiger partial charge >= 0.3 is 0 Å². The fraction of sp³-hybridized carbons (Fsp3) is 0.667. The van der Waals surface area contributed by atoms with Gasteiger partial charge in [0.05, 0.1) is 8.07 Å². The van der Waals surface area contributed by atoms with Crippen LogP contribution in [0, 0.1) is 5.92 Å². The van der Waals surface area contributed by atoms with Crippen LogP contribution in [0.3, 0.4) is 0 Å². The van der Waals surface area contributed by atoms with E-state index in [2.05, 4.69) is 32.6 Å². The zero-order valence-corrected chi connectivity index (χ0v) is 8.77. The van der Waals surface area contributed by atoms with Crippen LogP contribution in [0.5, 0.6) is 0 Å². The molecule has 1 rings (SSSR count). The second-order valence-electron chi connectivity index (χ2n) is 4.43. The van der Waals surface area contributed by atoms with E-state index < -0.39 is 8.07 Å². The number of hydrogen-bond donors (Lipinski definition) is 0. The van der Waals surface area contributed by atoms with E-state index in [1.54, 1.807) is 0 Å². The third kappa shape index (κ3) is 1.80. The minimum atomic E-state index is -1.32. The minimum absolute atomic E-state index is 0.400. The van der Waals surface area contributed by atoms with Crippen LogP contribution in [0.4, 0.5) is 0 Å². The van der Waals surface area contributed by atoms with Crippen molar-refractivity contribution in [3.8, 4) is 0 Å². The fourth-order valence-corrected chi connectivity index (χ4v) is 3.23. The smallest absolute Gasteiger partial charge is 0.155 e. The maximum Gasteiger partial charge on any atom is 0.155 e. The Kier molecular flexibility index (Phi) is 2.05. The standard InChI is InChI=1S/C9H16OSi/c1-7-5-8(10)9(6-7)11(2,3)4/h6-7H,5H2,1-4H3. The van der Waals surface area contributed by atoms with Gasteiger partial charge in [0.1, 0.15) is 0 Å². The molecule has 0 aliphatic heterocycles. The van der Waals surface area contributed by atoms with Crippen LogP contribution in [0.1, 0.15) is 13.3 Å². The molecular weight excluding hydrogens is 152 g/mol. The molecule has 1 atom stereocenters. The van der Waals surface area contributed by atoms with Gasteiger partial charge < -0.3 is 0 Å². The van der Waals surface area contributed by atoms with Crippen molar-refractivity contribution >= 4 is 13.9 Å². The Balaban J connectivity index is 2.88. The predicted octanol–water partition coefficient (Wildman–Crippen LogP) is 2.40. The monoisotopic (exact) mass is 168 g/mol. The lowest BCUT2D eigenvalue weighted by Gasteiger charge is -2.15. The molecule has 0 spiro atoms. The lowest BCUT2D eigenvalue weighted by atomic mass is 10.2. The van der Waals surface area contributed by atoms with Crippen LogP contribution >= 0.6 is 0 Å². The van der Waals surface area contributed by atoms with E-state index in [9.17, 15) is 4.79 Å². The molecule has 0 amide bonds. The van der Waals surface area contributed by atoms with E-state index in [0.717, 1.165) is 11.6 Å². The summed E-state index contributed by atoms with van der Waals surface area (Å²) in [5, 5.41) is 1.16. The van der Waals surface area contributed by atoms with Crippen molar-refractivity contribution in [2.75, 3.05) is 0 Å². The van der Waals surface area contributed by atoms with Crippen LogP contribution in [0.2, 0.25) is 19.6 Å². The molecule has 0 saturated heterocycles. The first-order valence-electron chi connectivity index (χ1n) is 4.17. The van der Waals surface area contributed by atoms with E-state index in [0.29, 0.717) is 11.7 Å². The van der Waals surface area contributed by atoms with E-state index in [-0.39, 0.29) is 0 Å². The van der Waals surface area contributed by atoms with Crippen LogP contribution < -0.4 is 0 Å². The predicted molar refractivity (Wildman–Crippen MR) is 50.2 cm³/mol. The van der Waals surface area contributed by atoms with E-state index in [1.165, 1.54) is 0 Å². The molecule has 1 aliphatic carbocycles. The van der Waals surface area contributed by atoms with Gasteiger partial charge in [-0.05, 0) is 11.1 Å². The third-order valence-electron chi connectivity index (χ3n) is 2.07. The first kappa shape index (κ1) is 8.72. The average molecular weight is 168 g/mol. The van der Waals surface area contributed by atoms with E-state index >= 15 is 0 Å². The SMILES string of the molecule is CC1C=C([Si](C)(C)C)C(=O)C1. The van der Waals surface area contributed by atoms with Gasteiger partial charge in [0.25, 0.3) is 0 Å². The summed E-state index contributed by atoms with van der Waals surface area (Å²) in [6.07, 6.45) is 2.92. The molecule has 0 heterocycles. The first-order chi connectivity index (χ1) is 4.91. The summed E-state index contributed by atoms with van der Waals surface area (Å²) < 4.78 is 0. The van der Waals surface area contributed by atoms with Crippen molar-refractivity contribution in [2.24, 2.45) is 5.92 Å². The van der Waals surface area contributed by atoms with Gasteiger partial charge in [-0.15, -0.1) is 0 Å². The molecular formula is C9H16OSi. The zero-order chi connectivity index (χ0) is 8.65. The van der Waals surface area contributed by atoms with Gasteiger partial charge in [-0.1, -0.05) is 32.6 Å². The average Bonchev–Trinajstić information content (AvgIpc) is 2.08. The Morgan fingerprint density at radius 2 is 2.00 bits per heavy atom. The molecule has 1 nitrogen and oxygen atoms in total. The molecule has 0 radical (unpaired) electrons. The maximum absolute atomic E-state index is 11.4. The molecule has 62 valence electrons. The van der Waals surface area contributed by atoms with Crippen molar-refractivity contribution in [2.45, 2.75) is 33.0 Å². The van der Waals surface area contributed by atoms with Crippen molar-refractivity contribution in [1.29, 1.82) is 0 Å². The molecule has 0 bridgehead atoms. The molecule has 1 unspecified atom stereocenters. The van der Waals surface area contributed by atoms with Crippen molar-refractivity contribution in [3.05, 3.63) is 11.3 Å². The number of carbonyl (C=O) groups is 1. The van der Waals surface area contributed by atoms with Crippen molar-refractivity contribution in [1.82, 2.24) is 0 Å². The quantitative estimate of drug-likeness (QED) is 0.549. The Hall–Kier alpha value is -0.373. The number of Topliss-reactive ketones (excluding diaryl/α,β-unsaturated/α-hetero) is 1. The summed E-state index contributed by atoms with van der Waals surface area (Å²) in [4.78, 5) is 11.4. The molecule has 1 aliphatic rings. The van der Waals surface area contributed by atoms with Crippen LogP contribution in [0.15, 0.2) is 11.3 Å². The topological polar surface area (TPSA) is 17.1 Å². The maximum atomic E-state index is 11.4.